The topological polar surface area (TPSA) is 88.6 Å². The van der Waals surface area contributed by atoms with Gasteiger partial charge in [0, 0.05) is 29.6 Å². The number of benzene rings is 2. The molecule has 30 heavy (non-hydrogen) atoms. The van der Waals surface area contributed by atoms with Crippen LogP contribution in [0.3, 0.4) is 0 Å². The van der Waals surface area contributed by atoms with Crippen molar-refractivity contribution < 1.29 is 22.3 Å². The van der Waals surface area contributed by atoms with Gasteiger partial charge in [-0.3, -0.25) is 10.1 Å². The lowest BCUT2D eigenvalue weighted by atomic mass is 10.2. The van der Waals surface area contributed by atoms with Gasteiger partial charge in [0.2, 0.25) is 10.0 Å². The van der Waals surface area contributed by atoms with Crippen LogP contribution in [0.25, 0.3) is 11.3 Å². The van der Waals surface area contributed by atoms with Crippen molar-refractivity contribution in [3.63, 3.8) is 0 Å². The fourth-order valence-electron chi connectivity index (χ4n) is 2.97. The zero-order chi connectivity index (χ0) is 21.1. The lowest BCUT2D eigenvalue weighted by Crippen LogP contribution is -2.40. The third-order valence-corrected chi connectivity index (χ3v) is 7.26. The Morgan fingerprint density at radius 3 is 2.40 bits per heavy atom. The zero-order valence-corrected chi connectivity index (χ0v) is 17.4. The number of rotatable bonds is 5. The fourth-order valence-corrected chi connectivity index (χ4v) is 5.09. The van der Waals surface area contributed by atoms with Crippen LogP contribution in [-0.4, -0.2) is 49.9 Å². The van der Waals surface area contributed by atoms with Gasteiger partial charge in [0.05, 0.1) is 23.8 Å². The van der Waals surface area contributed by atoms with E-state index in [4.69, 9.17) is 4.74 Å². The number of thiazole rings is 1. The number of carbonyl (C=O) groups is 1. The second-order valence-corrected chi connectivity index (χ2v) is 9.34. The number of halogens is 1. The van der Waals surface area contributed by atoms with Crippen molar-refractivity contribution in [1.29, 1.82) is 0 Å². The van der Waals surface area contributed by atoms with E-state index in [0.29, 0.717) is 42.7 Å². The van der Waals surface area contributed by atoms with Gasteiger partial charge >= 0.3 is 0 Å². The summed E-state index contributed by atoms with van der Waals surface area (Å²) in [6.07, 6.45) is 0. The Kier molecular flexibility index (Phi) is 5.91. The van der Waals surface area contributed by atoms with E-state index in [9.17, 15) is 17.6 Å². The highest BCUT2D eigenvalue weighted by Gasteiger charge is 2.26. The van der Waals surface area contributed by atoms with E-state index >= 15 is 0 Å². The van der Waals surface area contributed by atoms with Crippen molar-refractivity contribution in [3.8, 4) is 11.3 Å². The Labute approximate surface area is 177 Å². The van der Waals surface area contributed by atoms with Crippen LogP contribution in [0.2, 0.25) is 0 Å². The molecule has 0 spiro atoms. The molecule has 0 bridgehead atoms. The van der Waals surface area contributed by atoms with Gasteiger partial charge in [0.25, 0.3) is 5.91 Å². The molecule has 0 aliphatic carbocycles. The monoisotopic (exact) mass is 447 g/mol. The van der Waals surface area contributed by atoms with Crippen LogP contribution >= 0.6 is 11.3 Å². The fraction of sp³-hybridized carbons (Fsp3) is 0.200. The molecule has 0 radical (unpaired) electrons. The third kappa shape index (κ3) is 4.41. The maximum atomic E-state index is 13.1. The van der Waals surface area contributed by atoms with Gasteiger partial charge < -0.3 is 4.74 Å². The molecule has 10 heteroatoms. The summed E-state index contributed by atoms with van der Waals surface area (Å²) in [5, 5.41) is 4.86. The van der Waals surface area contributed by atoms with Gasteiger partial charge in [0.15, 0.2) is 5.13 Å². The van der Waals surface area contributed by atoms with Gasteiger partial charge in [0.1, 0.15) is 5.82 Å². The molecule has 3 aromatic rings. The Balaban J connectivity index is 1.45. The Morgan fingerprint density at radius 2 is 1.73 bits per heavy atom. The second kappa shape index (κ2) is 8.60. The van der Waals surface area contributed by atoms with Crippen LogP contribution in [-0.2, 0) is 14.8 Å². The van der Waals surface area contributed by atoms with Crippen molar-refractivity contribution in [2.45, 2.75) is 4.90 Å². The molecule has 0 unspecified atom stereocenters. The van der Waals surface area contributed by atoms with Crippen LogP contribution in [0.5, 0.6) is 0 Å². The number of anilines is 1. The molecule has 1 fully saturated rings. The van der Waals surface area contributed by atoms with Gasteiger partial charge in [-0.25, -0.2) is 17.8 Å². The molecule has 0 atom stereocenters. The minimum absolute atomic E-state index is 0.133. The molecule has 1 amide bonds. The summed E-state index contributed by atoms with van der Waals surface area (Å²) in [7, 11) is -3.61. The maximum Gasteiger partial charge on any atom is 0.257 e. The molecular formula is C20H18FN3O4S2. The van der Waals surface area contributed by atoms with E-state index in [1.807, 2.05) is 0 Å². The molecule has 1 aliphatic rings. The Bertz CT molecular complexity index is 1140. The molecule has 0 saturated carbocycles. The number of hydrogen-bond acceptors (Lipinski definition) is 6. The highest BCUT2D eigenvalue weighted by Crippen LogP contribution is 2.25. The van der Waals surface area contributed by atoms with Crippen LogP contribution in [0.1, 0.15) is 10.4 Å². The zero-order valence-electron chi connectivity index (χ0n) is 15.7. The predicted octanol–water partition coefficient (Wildman–Crippen LogP) is 3.22. The van der Waals surface area contributed by atoms with E-state index in [1.54, 1.807) is 17.5 Å². The molecular weight excluding hydrogens is 429 g/mol. The number of amides is 1. The van der Waals surface area contributed by atoms with Crippen LogP contribution in [0.15, 0.2) is 58.8 Å². The van der Waals surface area contributed by atoms with Gasteiger partial charge in [-0.05, 0) is 48.5 Å². The minimum atomic E-state index is -3.61. The maximum absolute atomic E-state index is 13.1. The summed E-state index contributed by atoms with van der Waals surface area (Å²) in [6, 6.07) is 11.7. The molecule has 2 aromatic carbocycles. The molecule has 2 heterocycles. The normalized spacial score (nSPS) is 15.1. The molecule has 156 valence electrons. The van der Waals surface area contributed by atoms with Crippen molar-refractivity contribution in [2.24, 2.45) is 0 Å². The largest absolute Gasteiger partial charge is 0.379 e. The van der Waals surface area contributed by atoms with E-state index in [2.05, 4.69) is 10.3 Å². The van der Waals surface area contributed by atoms with E-state index in [1.165, 1.54) is 52.0 Å². The second-order valence-electron chi connectivity index (χ2n) is 6.54. The smallest absolute Gasteiger partial charge is 0.257 e. The SMILES string of the molecule is O=C(Nc1nc(-c2ccc(F)cc2)cs1)c1ccc(S(=O)(=O)N2CCOCC2)cc1. The lowest BCUT2D eigenvalue weighted by molar-refractivity contribution is 0.0730. The first kappa shape index (κ1) is 20.6. The van der Waals surface area contributed by atoms with Crippen LogP contribution in [0.4, 0.5) is 9.52 Å². The first-order chi connectivity index (χ1) is 14.4. The van der Waals surface area contributed by atoms with Gasteiger partial charge in [-0.2, -0.15) is 4.31 Å². The summed E-state index contributed by atoms with van der Waals surface area (Å²) in [6.45, 7) is 1.36. The highest BCUT2D eigenvalue weighted by atomic mass is 32.2. The van der Waals surface area contributed by atoms with Crippen molar-refractivity contribution in [2.75, 3.05) is 31.6 Å². The first-order valence-corrected chi connectivity index (χ1v) is 11.5. The third-order valence-electron chi connectivity index (χ3n) is 4.59. The van der Waals surface area contributed by atoms with Gasteiger partial charge in [-0.1, -0.05) is 0 Å². The summed E-state index contributed by atoms with van der Waals surface area (Å²) in [5.41, 5.74) is 1.68. The number of aromatic nitrogens is 1. The summed E-state index contributed by atoms with van der Waals surface area (Å²) in [4.78, 5) is 17.0. The lowest BCUT2D eigenvalue weighted by Gasteiger charge is -2.26. The van der Waals surface area contributed by atoms with Crippen molar-refractivity contribution in [3.05, 3.63) is 65.3 Å². The first-order valence-electron chi connectivity index (χ1n) is 9.14. The summed E-state index contributed by atoms with van der Waals surface area (Å²) < 4.78 is 44.9. The standard InChI is InChI=1S/C20H18FN3O4S2/c21-16-5-1-14(2-6-16)18-13-29-20(22-18)23-19(25)15-3-7-17(8-4-15)30(26,27)24-9-11-28-12-10-24/h1-8,13H,9-12H2,(H,22,23,25). The molecule has 1 saturated heterocycles. The Hall–Kier alpha value is -2.66. The summed E-state index contributed by atoms with van der Waals surface area (Å²) >= 11 is 1.25. The highest BCUT2D eigenvalue weighted by molar-refractivity contribution is 7.89. The predicted molar refractivity (Wildman–Crippen MR) is 111 cm³/mol. The van der Waals surface area contributed by atoms with Crippen molar-refractivity contribution in [1.82, 2.24) is 9.29 Å². The average Bonchev–Trinajstić information content (AvgIpc) is 3.23. The number of morpholine rings is 1. The average molecular weight is 448 g/mol. The van der Waals surface area contributed by atoms with E-state index in [0.717, 1.165) is 5.56 Å². The quantitative estimate of drug-likeness (QED) is 0.649. The van der Waals surface area contributed by atoms with E-state index < -0.39 is 15.9 Å². The number of ether oxygens (including phenoxy) is 1. The van der Waals surface area contributed by atoms with Crippen LogP contribution in [0, 0.1) is 5.82 Å². The summed E-state index contributed by atoms with van der Waals surface area (Å²) in [5.74, 6) is -0.730. The number of sulfonamides is 1. The van der Waals surface area contributed by atoms with Crippen LogP contribution < -0.4 is 5.32 Å². The number of nitrogens with zero attached hydrogens (tertiary/aromatic N) is 2. The number of carbonyl (C=O) groups excluding carboxylic acids is 1. The van der Waals surface area contributed by atoms with Crippen molar-refractivity contribution >= 4 is 32.4 Å². The molecule has 7 nitrogen and oxygen atoms in total. The number of hydrogen-bond donors (Lipinski definition) is 1. The molecule has 1 aliphatic heterocycles. The Morgan fingerprint density at radius 1 is 1.07 bits per heavy atom. The van der Waals surface area contributed by atoms with E-state index in [-0.39, 0.29) is 10.7 Å². The molecule has 1 N–H and O–H groups in total. The molecule has 4 rings (SSSR count). The minimum Gasteiger partial charge on any atom is -0.379 e. The molecule has 1 aromatic heterocycles. The van der Waals surface area contributed by atoms with Gasteiger partial charge in [-0.15, -0.1) is 11.3 Å². The number of nitrogens with one attached hydrogen (secondary N) is 1.